The summed E-state index contributed by atoms with van der Waals surface area (Å²) in [7, 11) is 0. The van der Waals surface area contributed by atoms with Gasteiger partial charge in [-0.3, -0.25) is 4.98 Å². The third-order valence-electron chi connectivity index (χ3n) is 3.53. The van der Waals surface area contributed by atoms with Crippen molar-refractivity contribution in [3.05, 3.63) is 86.3 Å². The minimum Gasteiger partial charge on any atom is -0.379 e. The Morgan fingerprint density at radius 2 is 1.55 bits per heavy atom. The van der Waals surface area contributed by atoms with Gasteiger partial charge in [0.1, 0.15) is 5.60 Å². The highest BCUT2D eigenvalue weighted by atomic mass is 35.5. The summed E-state index contributed by atoms with van der Waals surface area (Å²) in [5.74, 6) is 0. The van der Waals surface area contributed by atoms with Crippen molar-refractivity contribution in [2.24, 2.45) is 0 Å². The molecule has 3 rings (SSSR count). The molecule has 1 atom stereocenters. The summed E-state index contributed by atoms with van der Waals surface area (Å²) in [5.41, 5.74) is 2.36. The molecule has 5 heteroatoms. The number of benzene rings is 2. The van der Waals surface area contributed by atoms with Gasteiger partial charge in [0.15, 0.2) is 0 Å². The van der Waals surface area contributed by atoms with Crippen LogP contribution in [0.2, 0.25) is 10.0 Å². The first-order valence-electron chi connectivity index (χ1n) is 6.70. The van der Waals surface area contributed by atoms with Gasteiger partial charge in [0.25, 0.3) is 0 Å². The van der Waals surface area contributed by atoms with Gasteiger partial charge in [-0.25, -0.2) is 0 Å². The highest BCUT2D eigenvalue weighted by molar-refractivity contribution is 7.09. The predicted molar refractivity (Wildman–Crippen MR) is 91.7 cm³/mol. The van der Waals surface area contributed by atoms with Crippen LogP contribution >= 0.6 is 34.5 Å². The van der Waals surface area contributed by atoms with Crippen molar-refractivity contribution in [1.82, 2.24) is 4.98 Å². The second-order valence-corrected chi connectivity index (χ2v) is 6.80. The summed E-state index contributed by atoms with van der Waals surface area (Å²) in [6.07, 6.45) is 2.14. The van der Waals surface area contributed by atoms with E-state index in [0.29, 0.717) is 16.5 Å². The van der Waals surface area contributed by atoms with E-state index >= 15 is 0 Å². The molecule has 0 aliphatic carbocycles. The van der Waals surface area contributed by atoms with Gasteiger partial charge in [0.2, 0.25) is 0 Å². The molecule has 0 spiro atoms. The molecule has 0 aliphatic heterocycles. The summed E-state index contributed by atoms with van der Waals surface area (Å²) in [5, 5.41) is 12.7. The molecule has 0 aliphatic rings. The Morgan fingerprint density at radius 1 is 0.955 bits per heavy atom. The zero-order chi connectivity index (χ0) is 15.6. The fourth-order valence-electron chi connectivity index (χ4n) is 2.37. The average Bonchev–Trinajstić information content (AvgIpc) is 3.05. The van der Waals surface area contributed by atoms with Crippen molar-refractivity contribution in [2.75, 3.05) is 0 Å². The van der Waals surface area contributed by atoms with Crippen molar-refractivity contribution in [3.63, 3.8) is 0 Å². The second-order valence-electron chi connectivity index (χ2n) is 5.04. The van der Waals surface area contributed by atoms with Crippen molar-refractivity contribution >= 4 is 34.5 Å². The van der Waals surface area contributed by atoms with E-state index in [4.69, 9.17) is 23.2 Å². The maximum atomic E-state index is 11.4. The van der Waals surface area contributed by atoms with Gasteiger partial charge in [0.05, 0.1) is 10.4 Å². The standard InChI is InChI=1S/C17H13Cl2NOS/c18-14-5-1-12(2-6-14)9-17(21,16-10-20-11-22-16)13-3-7-15(19)8-4-13/h1-8,10-11,21H,9H2. The monoisotopic (exact) mass is 349 g/mol. The lowest BCUT2D eigenvalue weighted by Gasteiger charge is -2.27. The van der Waals surface area contributed by atoms with Crippen LogP contribution in [0.1, 0.15) is 16.0 Å². The first-order chi connectivity index (χ1) is 10.6. The van der Waals surface area contributed by atoms with Gasteiger partial charge in [-0.2, -0.15) is 0 Å². The molecule has 2 nitrogen and oxygen atoms in total. The average molecular weight is 350 g/mol. The number of hydrogen-bond acceptors (Lipinski definition) is 3. The van der Waals surface area contributed by atoms with Crippen LogP contribution in [0.4, 0.5) is 0 Å². The van der Waals surface area contributed by atoms with Crippen LogP contribution in [0.5, 0.6) is 0 Å². The van der Waals surface area contributed by atoms with E-state index in [9.17, 15) is 5.11 Å². The van der Waals surface area contributed by atoms with Crippen LogP contribution in [0.15, 0.2) is 60.2 Å². The summed E-state index contributed by atoms with van der Waals surface area (Å²) < 4.78 is 0. The smallest absolute Gasteiger partial charge is 0.129 e. The molecule has 0 fully saturated rings. The molecular weight excluding hydrogens is 337 g/mol. The number of hydrogen-bond donors (Lipinski definition) is 1. The van der Waals surface area contributed by atoms with Crippen LogP contribution in [0.25, 0.3) is 0 Å². The van der Waals surface area contributed by atoms with E-state index in [2.05, 4.69) is 4.98 Å². The molecule has 0 saturated carbocycles. The number of halogens is 2. The molecule has 1 N–H and O–H groups in total. The van der Waals surface area contributed by atoms with E-state index < -0.39 is 5.60 Å². The Hall–Kier alpha value is -1.39. The Balaban J connectivity index is 2.03. The molecule has 0 saturated heterocycles. The lowest BCUT2D eigenvalue weighted by molar-refractivity contribution is 0.0848. The Labute approximate surface area is 143 Å². The summed E-state index contributed by atoms with van der Waals surface area (Å²) in [6, 6.07) is 14.7. The van der Waals surface area contributed by atoms with Gasteiger partial charge in [-0.05, 0) is 35.4 Å². The first-order valence-corrected chi connectivity index (χ1v) is 8.33. The normalized spacial score (nSPS) is 13.8. The molecule has 0 radical (unpaired) electrons. The minimum absolute atomic E-state index is 0.438. The lowest BCUT2D eigenvalue weighted by Crippen LogP contribution is -2.29. The molecule has 3 aromatic rings. The van der Waals surface area contributed by atoms with E-state index in [0.717, 1.165) is 16.0 Å². The maximum Gasteiger partial charge on any atom is 0.129 e. The first kappa shape index (κ1) is 15.5. The number of rotatable bonds is 4. The largest absolute Gasteiger partial charge is 0.379 e. The predicted octanol–water partition coefficient (Wildman–Crippen LogP) is 4.93. The van der Waals surface area contributed by atoms with Gasteiger partial charge in [0, 0.05) is 22.7 Å². The second kappa shape index (κ2) is 6.39. The minimum atomic E-state index is -1.14. The topological polar surface area (TPSA) is 33.1 Å². The Kier molecular flexibility index (Phi) is 4.50. The van der Waals surface area contributed by atoms with Gasteiger partial charge >= 0.3 is 0 Å². The Bertz CT molecular complexity index is 741. The van der Waals surface area contributed by atoms with Crippen molar-refractivity contribution in [3.8, 4) is 0 Å². The summed E-state index contributed by atoms with van der Waals surface area (Å²) in [4.78, 5) is 4.89. The highest BCUT2D eigenvalue weighted by Gasteiger charge is 2.33. The fourth-order valence-corrected chi connectivity index (χ4v) is 3.37. The maximum absolute atomic E-state index is 11.4. The lowest BCUT2D eigenvalue weighted by atomic mass is 9.86. The number of thiazole rings is 1. The molecule has 22 heavy (non-hydrogen) atoms. The molecule has 2 aromatic carbocycles. The third-order valence-corrected chi connectivity index (χ3v) is 4.96. The molecule has 112 valence electrons. The van der Waals surface area contributed by atoms with Gasteiger partial charge < -0.3 is 5.11 Å². The van der Waals surface area contributed by atoms with Crippen molar-refractivity contribution in [1.29, 1.82) is 0 Å². The zero-order valence-electron chi connectivity index (χ0n) is 11.5. The third kappa shape index (κ3) is 3.18. The molecule has 0 bridgehead atoms. The molecule has 1 aromatic heterocycles. The molecule has 1 heterocycles. The van der Waals surface area contributed by atoms with Crippen LogP contribution in [-0.2, 0) is 12.0 Å². The van der Waals surface area contributed by atoms with E-state index in [1.807, 2.05) is 36.4 Å². The van der Waals surface area contributed by atoms with Crippen LogP contribution in [0.3, 0.4) is 0 Å². The summed E-state index contributed by atoms with van der Waals surface area (Å²) in [6.45, 7) is 0. The quantitative estimate of drug-likeness (QED) is 0.724. The summed E-state index contributed by atoms with van der Waals surface area (Å²) >= 11 is 13.3. The molecular formula is C17H13Cl2NOS. The Morgan fingerprint density at radius 3 is 2.09 bits per heavy atom. The highest BCUT2D eigenvalue weighted by Crippen LogP contribution is 2.36. The SMILES string of the molecule is OC(Cc1ccc(Cl)cc1)(c1ccc(Cl)cc1)c1cncs1. The number of nitrogens with zero attached hydrogens (tertiary/aromatic N) is 1. The molecule has 1 unspecified atom stereocenters. The van der Waals surface area contributed by atoms with Crippen LogP contribution < -0.4 is 0 Å². The number of aliphatic hydroxyl groups is 1. The fraction of sp³-hybridized carbons (Fsp3) is 0.118. The zero-order valence-corrected chi connectivity index (χ0v) is 13.9. The van der Waals surface area contributed by atoms with Gasteiger partial charge in [-0.15, -0.1) is 11.3 Å². The van der Waals surface area contributed by atoms with E-state index in [1.165, 1.54) is 11.3 Å². The van der Waals surface area contributed by atoms with Crippen LogP contribution in [-0.4, -0.2) is 10.1 Å². The van der Waals surface area contributed by atoms with E-state index in [1.54, 1.807) is 23.8 Å². The van der Waals surface area contributed by atoms with Crippen molar-refractivity contribution in [2.45, 2.75) is 12.0 Å². The van der Waals surface area contributed by atoms with E-state index in [-0.39, 0.29) is 0 Å². The van der Waals surface area contributed by atoms with Crippen molar-refractivity contribution < 1.29 is 5.11 Å². The van der Waals surface area contributed by atoms with Gasteiger partial charge in [-0.1, -0.05) is 47.5 Å². The number of aromatic nitrogens is 1. The molecule has 0 amide bonds. The van der Waals surface area contributed by atoms with Crippen LogP contribution in [0, 0.1) is 0 Å².